The van der Waals surface area contributed by atoms with Gasteiger partial charge in [-0.25, -0.2) is 5.11 Å². The molecule has 0 aliphatic heterocycles. The van der Waals surface area contributed by atoms with Gasteiger partial charge in [0.2, 0.25) is 0 Å². The number of rotatable bonds is 7. The van der Waals surface area contributed by atoms with E-state index in [9.17, 15) is 5.11 Å². The normalized spacial score (nSPS) is 10.2. The molecule has 0 aromatic carbocycles. The molecule has 0 aliphatic rings. The third kappa shape index (κ3) is 7.92. The van der Waals surface area contributed by atoms with Crippen LogP contribution in [0.4, 0.5) is 0 Å². The van der Waals surface area contributed by atoms with Crippen molar-refractivity contribution in [2.75, 3.05) is 19.8 Å². The summed E-state index contributed by atoms with van der Waals surface area (Å²) in [7, 11) is 0. The highest BCUT2D eigenvalue weighted by Crippen LogP contribution is 1.94. The Labute approximate surface area is 63.2 Å². The smallest absolute Gasteiger partial charge is 0.0822 e. The van der Waals surface area contributed by atoms with Gasteiger partial charge in [-0.15, -0.1) is 0 Å². The summed E-state index contributed by atoms with van der Waals surface area (Å²) >= 11 is 0. The van der Waals surface area contributed by atoms with Gasteiger partial charge in [-0.3, -0.25) is 0 Å². The minimum atomic E-state index is 0.0633. The Kier molecular flexibility index (Phi) is 8.85. The lowest BCUT2D eigenvalue weighted by Crippen LogP contribution is -1.95. The highest BCUT2D eigenvalue weighted by molar-refractivity contribution is 4.38. The van der Waals surface area contributed by atoms with E-state index in [2.05, 4.69) is 6.92 Å². The Hall–Kier alpha value is -0.0800. The SMILES string of the molecule is CCCOCCCCC[O]. The highest BCUT2D eigenvalue weighted by Gasteiger charge is 1.87. The standard InChI is InChI=1S/C8H17O2/c1-2-7-10-8-5-3-4-6-9/h2-8H2,1H3. The summed E-state index contributed by atoms with van der Waals surface area (Å²) in [6.45, 7) is 3.84. The van der Waals surface area contributed by atoms with Gasteiger partial charge in [-0.1, -0.05) is 6.92 Å². The van der Waals surface area contributed by atoms with Crippen molar-refractivity contribution in [3.63, 3.8) is 0 Å². The van der Waals surface area contributed by atoms with E-state index >= 15 is 0 Å². The first-order valence-corrected chi connectivity index (χ1v) is 4.07. The van der Waals surface area contributed by atoms with E-state index in [1.54, 1.807) is 0 Å². The Morgan fingerprint density at radius 3 is 2.50 bits per heavy atom. The van der Waals surface area contributed by atoms with Crippen LogP contribution in [-0.2, 0) is 9.84 Å². The minimum absolute atomic E-state index is 0.0633. The zero-order chi connectivity index (χ0) is 7.66. The van der Waals surface area contributed by atoms with Crippen LogP contribution in [0.1, 0.15) is 32.6 Å². The summed E-state index contributed by atoms with van der Waals surface area (Å²) in [5.41, 5.74) is 0. The Morgan fingerprint density at radius 1 is 1.10 bits per heavy atom. The topological polar surface area (TPSA) is 29.1 Å². The maximum Gasteiger partial charge on any atom is 0.0822 e. The van der Waals surface area contributed by atoms with Crippen LogP contribution in [0, 0.1) is 0 Å². The monoisotopic (exact) mass is 145 g/mol. The van der Waals surface area contributed by atoms with Crippen LogP contribution in [0.2, 0.25) is 0 Å². The van der Waals surface area contributed by atoms with Gasteiger partial charge >= 0.3 is 0 Å². The van der Waals surface area contributed by atoms with Crippen LogP contribution in [0.25, 0.3) is 0 Å². The van der Waals surface area contributed by atoms with Gasteiger partial charge in [0.1, 0.15) is 0 Å². The lowest BCUT2D eigenvalue weighted by Gasteiger charge is -1.99. The summed E-state index contributed by atoms with van der Waals surface area (Å²) in [6.07, 6.45) is 3.95. The number of hydrogen-bond acceptors (Lipinski definition) is 1. The van der Waals surface area contributed by atoms with Gasteiger partial charge in [0.15, 0.2) is 0 Å². The predicted octanol–water partition coefficient (Wildman–Crippen LogP) is 2.01. The van der Waals surface area contributed by atoms with E-state index in [1.165, 1.54) is 0 Å². The van der Waals surface area contributed by atoms with Gasteiger partial charge in [-0.2, -0.15) is 0 Å². The molecular weight excluding hydrogens is 128 g/mol. The average molecular weight is 145 g/mol. The summed E-state index contributed by atoms with van der Waals surface area (Å²) in [5, 5.41) is 9.98. The van der Waals surface area contributed by atoms with Crippen molar-refractivity contribution in [3.8, 4) is 0 Å². The maximum absolute atomic E-state index is 9.98. The molecule has 10 heavy (non-hydrogen) atoms. The molecule has 0 rings (SSSR count). The van der Waals surface area contributed by atoms with E-state index in [0.29, 0.717) is 0 Å². The fourth-order valence-electron chi connectivity index (χ4n) is 0.729. The Morgan fingerprint density at radius 2 is 1.90 bits per heavy atom. The molecule has 0 aromatic heterocycles. The maximum atomic E-state index is 9.98. The Bertz CT molecular complexity index is 47.2. The second-order valence-electron chi connectivity index (χ2n) is 2.38. The van der Waals surface area contributed by atoms with Gasteiger partial charge in [0.25, 0.3) is 0 Å². The van der Waals surface area contributed by atoms with Crippen molar-refractivity contribution in [1.29, 1.82) is 0 Å². The van der Waals surface area contributed by atoms with E-state index in [0.717, 1.165) is 38.9 Å². The molecule has 0 aromatic rings. The zero-order valence-corrected chi connectivity index (χ0v) is 6.77. The first-order chi connectivity index (χ1) is 4.91. The van der Waals surface area contributed by atoms with Crippen molar-refractivity contribution in [1.82, 2.24) is 0 Å². The van der Waals surface area contributed by atoms with Crippen molar-refractivity contribution in [3.05, 3.63) is 0 Å². The molecule has 0 N–H and O–H groups in total. The van der Waals surface area contributed by atoms with Gasteiger partial charge < -0.3 is 4.74 Å². The van der Waals surface area contributed by atoms with Crippen molar-refractivity contribution >= 4 is 0 Å². The largest absolute Gasteiger partial charge is 0.381 e. The highest BCUT2D eigenvalue weighted by atomic mass is 16.5. The molecule has 0 aliphatic carbocycles. The quantitative estimate of drug-likeness (QED) is 0.504. The molecule has 0 saturated heterocycles. The van der Waals surface area contributed by atoms with E-state index < -0.39 is 0 Å². The van der Waals surface area contributed by atoms with Crippen LogP contribution in [0.3, 0.4) is 0 Å². The first kappa shape index (κ1) is 9.92. The molecule has 0 heterocycles. The number of ether oxygens (including phenoxy) is 1. The lowest BCUT2D eigenvalue weighted by molar-refractivity contribution is 0.126. The zero-order valence-electron chi connectivity index (χ0n) is 6.77. The number of hydrogen-bond donors (Lipinski definition) is 0. The molecule has 2 heteroatoms. The minimum Gasteiger partial charge on any atom is -0.381 e. The second-order valence-corrected chi connectivity index (χ2v) is 2.38. The fourth-order valence-corrected chi connectivity index (χ4v) is 0.729. The van der Waals surface area contributed by atoms with Crippen LogP contribution in [0.15, 0.2) is 0 Å². The summed E-state index contributed by atoms with van der Waals surface area (Å²) < 4.78 is 5.23. The third-order valence-corrected chi connectivity index (χ3v) is 1.28. The second kappa shape index (κ2) is 8.92. The molecule has 0 spiro atoms. The van der Waals surface area contributed by atoms with Gasteiger partial charge in [-0.05, 0) is 25.7 Å². The Balaban J connectivity index is 2.65. The summed E-state index contributed by atoms with van der Waals surface area (Å²) in [4.78, 5) is 0. The van der Waals surface area contributed by atoms with E-state index in [1.807, 2.05) is 0 Å². The molecular formula is C8H17O2. The van der Waals surface area contributed by atoms with E-state index in [-0.39, 0.29) is 6.61 Å². The summed E-state index contributed by atoms with van der Waals surface area (Å²) in [5.74, 6) is 0. The van der Waals surface area contributed by atoms with Crippen molar-refractivity contribution in [2.24, 2.45) is 0 Å². The molecule has 0 fully saturated rings. The lowest BCUT2D eigenvalue weighted by atomic mass is 10.2. The summed E-state index contributed by atoms with van der Waals surface area (Å²) in [6, 6.07) is 0. The number of unbranched alkanes of at least 4 members (excludes halogenated alkanes) is 2. The molecule has 1 radical (unpaired) electrons. The predicted molar refractivity (Wildman–Crippen MR) is 40.5 cm³/mol. The van der Waals surface area contributed by atoms with Crippen molar-refractivity contribution < 1.29 is 9.84 Å². The molecule has 0 bridgehead atoms. The van der Waals surface area contributed by atoms with Crippen LogP contribution < -0.4 is 0 Å². The van der Waals surface area contributed by atoms with E-state index in [4.69, 9.17) is 4.74 Å². The molecule has 0 unspecified atom stereocenters. The van der Waals surface area contributed by atoms with Gasteiger partial charge in [0.05, 0.1) is 6.61 Å². The fraction of sp³-hybridized carbons (Fsp3) is 1.00. The first-order valence-electron chi connectivity index (χ1n) is 4.07. The molecule has 2 nitrogen and oxygen atoms in total. The molecule has 0 saturated carbocycles. The molecule has 61 valence electrons. The van der Waals surface area contributed by atoms with Crippen LogP contribution in [0.5, 0.6) is 0 Å². The van der Waals surface area contributed by atoms with Crippen LogP contribution in [-0.4, -0.2) is 19.8 Å². The third-order valence-electron chi connectivity index (χ3n) is 1.28. The molecule has 0 atom stereocenters. The molecule has 0 amide bonds. The average Bonchev–Trinajstić information content (AvgIpc) is 1.97. The van der Waals surface area contributed by atoms with Gasteiger partial charge in [0, 0.05) is 13.2 Å². The van der Waals surface area contributed by atoms with Crippen LogP contribution >= 0.6 is 0 Å². The van der Waals surface area contributed by atoms with Crippen molar-refractivity contribution in [2.45, 2.75) is 32.6 Å².